The van der Waals surface area contributed by atoms with E-state index in [0.29, 0.717) is 0 Å². The van der Waals surface area contributed by atoms with Gasteiger partial charge in [-0.15, -0.1) is 0 Å². The molecule has 0 radical (unpaired) electrons. The lowest BCUT2D eigenvalue weighted by Gasteiger charge is -2.15. The lowest BCUT2D eigenvalue weighted by molar-refractivity contribution is 0.0591. The molecule has 0 saturated carbocycles. The second-order valence-electron chi connectivity index (χ2n) is 4.91. The highest BCUT2D eigenvalue weighted by Crippen LogP contribution is 2.33. The average Bonchev–Trinajstić information content (AvgIpc) is 2.55. The maximum Gasteiger partial charge on any atom is 0.344 e. The highest BCUT2D eigenvalue weighted by atomic mass is 32.2. The number of sulfonamides is 1. The normalized spacial score (nSPS) is 11.0. The highest BCUT2D eigenvalue weighted by Gasteiger charge is 2.24. The molecule has 0 bridgehead atoms. The summed E-state index contributed by atoms with van der Waals surface area (Å²) in [5.74, 6) is -2.10. The largest absolute Gasteiger partial charge is 0.494 e. The topological polar surface area (TPSA) is 81.7 Å². The van der Waals surface area contributed by atoms with Crippen molar-refractivity contribution in [3.05, 3.63) is 53.3 Å². The summed E-state index contributed by atoms with van der Waals surface area (Å²) in [6.45, 7) is 1.83. The number of rotatable bonds is 5. The summed E-state index contributed by atoms with van der Waals surface area (Å²) in [7, 11) is -1.64. The van der Waals surface area contributed by atoms with E-state index in [-0.39, 0.29) is 16.3 Å². The van der Waals surface area contributed by atoms with Gasteiger partial charge in [-0.2, -0.15) is 0 Å². The Balaban J connectivity index is 2.49. The van der Waals surface area contributed by atoms with Crippen LogP contribution in [0.3, 0.4) is 0 Å². The Kier molecular flexibility index (Phi) is 5.08. The molecule has 6 nitrogen and oxygen atoms in total. The van der Waals surface area contributed by atoms with Gasteiger partial charge in [-0.05, 0) is 31.2 Å². The Labute approximate surface area is 139 Å². The molecule has 0 atom stereocenters. The van der Waals surface area contributed by atoms with Crippen LogP contribution < -0.4 is 9.46 Å². The number of esters is 1. The number of carbonyl (C=O) groups excluding carboxylic acids is 1. The molecule has 1 N–H and O–H groups in total. The van der Waals surface area contributed by atoms with Crippen molar-refractivity contribution in [2.24, 2.45) is 0 Å². The Morgan fingerprint density at radius 3 is 2.25 bits per heavy atom. The van der Waals surface area contributed by atoms with Crippen molar-refractivity contribution in [2.75, 3.05) is 18.9 Å². The van der Waals surface area contributed by atoms with Crippen LogP contribution in [0.15, 0.2) is 41.3 Å². The SMILES string of the molecule is COC(=O)c1c(F)ccc(NS(=O)(=O)c2ccc(C)cc2)c1OC. The van der Waals surface area contributed by atoms with E-state index in [1.54, 1.807) is 12.1 Å². The van der Waals surface area contributed by atoms with Crippen LogP contribution in [0.2, 0.25) is 0 Å². The van der Waals surface area contributed by atoms with Crippen molar-refractivity contribution in [3.63, 3.8) is 0 Å². The number of ether oxygens (including phenoxy) is 2. The van der Waals surface area contributed by atoms with Crippen LogP contribution in [0.4, 0.5) is 10.1 Å². The minimum Gasteiger partial charge on any atom is -0.494 e. The number of aryl methyl sites for hydroxylation is 1. The Morgan fingerprint density at radius 2 is 1.71 bits per heavy atom. The molecule has 24 heavy (non-hydrogen) atoms. The van der Waals surface area contributed by atoms with Crippen molar-refractivity contribution < 1.29 is 27.1 Å². The lowest BCUT2D eigenvalue weighted by atomic mass is 10.1. The summed E-state index contributed by atoms with van der Waals surface area (Å²) in [5, 5.41) is 0. The van der Waals surface area contributed by atoms with Gasteiger partial charge in [0, 0.05) is 0 Å². The average molecular weight is 353 g/mol. The first-order chi connectivity index (χ1) is 11.3. The van der Waals surface area contributed by atoms with Crippen LogP contribution >= 0.6 is 0 Å². The molecular formula is C16H16FNO5S. The molecule has 0 aliphatic heterocycles. The van der Waals surface area contributed by atoms with Crippen molar-refractivity contribution in [3.8, 4) is 5.75 Å². The molecule has 0 amide bonds. The molecule has 128 valence electrons. The number of hydrogen-bond donors (Lipinski definition) is 1. The molecule has 0 fully saturated rings. The van der Waals surface area contributed by atoms with Crippen LogP contribution in [0, 0.1) is 12.7 Å². The van der Waals surface area contributed by atoms with Gasteiger partial charge in [0.05, 0.1) is 24.8 Å². The standard InChI is InChI=1S/C16H16FNO5S/c1-10-4-6-11(7-5-10)24(20,21)18-13-9-8-12(17)14(15(13)22-2)16(19)23-3/h4-9,18H,1-3H3. The first kappa shape index (κ1) is 17.7. The fourth-order valence-electron chi connectivity index (χ4n) is 2.06. The number of halogens is 1. The minimum atomic E-state index is -3.93. The minimum absolute atomic E-state index is 0.0269. The zero-order chi connectivity index (χ0) is 17.9. The summed E-state index contributed by atoms with van der Waals surface area (Å²) in [4.78, 5) is 11.7. The predicted octanol–water partition coefficient (Wildman–Crippen LogP) is 2.73. The summed E-state index contributed by atoms with van der Waals surface area (Å²) >= 11 is 0. The first-order valence-electron chi connectivity index (χ1n) is 6.84. The maximum absolute atomic E-state index is 13.9. The molecule has 2 aromatic carbocycles. The quantitative estimate of drug-likeness (QED) is 0.836. The van der Waals surface area contributed by atoms with Gasteiger partial charge in [0.1, 0.15) is 11.4 Å². The highest BCUT2D eigenvalue weighted by molar-refractivity contribution is 7.92. The number of hydrogen-bond acceptors (Lipinski definition) is 5. The van der Waals surface area contributed by atoms with Crippen LogP contribution in [0.25, 0.3) is 0 Å². The van der Waals surface area contributed by atoms with E-state index in [2.05, 4.69) is 9.46 Å². The van der Waals surface area contributed by atoms with Gasteiger partial charge in [-0.3, -0.25) is 4.72 Å². The van der Waals surface area contributed by atoms with Crippen molar-refractivity contribution >= 4 is 21.7 Å². The third-order valence-corrected chi connectivity index (χ3v) is 4.66. The Bertz CT molecular complexity index is 863. The van der Waals surface area contributed by atoms with Crippen LogP contribution in [0.1, 0.15) is 15.9 Å². The Morgan fingerprint density at radius 1 is 1.08 bits per heavy atom. The van der Waals surface area contributed by atoms with Gasteiger partial charge in [0.2, 0.25) is 0 Å². The zero-order valence-corrected chi connectivity index (χ0v) is 14.1. The van der Waals surface area contributed by atoms with Gasteiger partial charge in [-0.25, -0.2) is 17.6 Å². The third kappa shape index (κ3) is 3.48. The van der Waals surface area contributed by atoms with Gasteiger partial charge in [0.25, 0.3) is 10.0 Å². The molecular weight excluding hydrogens is 337 g/mol. The molecule has 0 unspecified atom stereocenters. The number of methoxy groups -OCH3 is 2. The van der Waals surface area contributed by atoms with Crippen LogP contribution in [-0.2, 0) is 14.8 Å². The van der Waals surface area contributed by atoms with Crippen molar-refractivity contribution in [2.45, 2.75) is 11.8 Å². The van der Waals surface area contributed by atoms with E-state index in [0.717, 1.165) is 18.7 Å². The van der Waals surface area contributed by atoms with E-state index < -0.39 is 27.4 Å². The van der Waals surface area contributed by atoms with Gasteiger partial charge < -0.3 is 9.47 Å². The maximum atomic E-state index is 13.9. The van der Waals surface area contributed by atoms with E-state index in [4.69, 9.17) is 4.74 Å². The molecule has 2 aromatic rings. The molecule has 0 aromatic heterocycles. The molecule has 8 heteroatoms. The predicted molar refractivity (Wildman–Crippen MR) is 86.3 cm³/mol. The molecule has 0 spiro atoms. The van der Waals surface area contributed by atoms with Crippen molar-refractivity contribution in [1.29, 1.82) is 0 Å². The van der Waals surface area contributed by atoms with Gasteiger partial charge in [0.15, 0.2) is 5.75 Å². The number of benzene rings is 2. The van der Waals surface area contributed by atoms with E-state index in [1.807, 2.05) is 6.92 Å². The van der Waals surface area contributed by atoms with Gasteiger partial charge in [-0.1, -0.05) is 17.7 Å². The second kappa shape index (κ2) is 6.88. The van der Waals surface area contributed by atoms with E-state index in [1.165, 1.54) is 25.3 Å². The molecule has 0 aliphatic rings. The molecule has 0 saturated heterocycles. The molecule has 0 heterocycles. The number of anilines is 1. The fourth-order valence-corrected chi connectivity index (χ4v) is 3.13. The first-order valence-corrected chi connectivity index (χ1v) is 8.32. The summed E-state index contributed by atoms with van der Waals surface area (Å²) < 4.78 is 50.6. The van der Waals surface area contributed by atoms with Crippen molar-refractivity contribution in [1.82, 2.24) is 0 Å². The summed E-state index contributed by atoms with van der Waals surface area (Å²) in [6.07, 6.45) is 0. The second-order valence-corrected chi connectivity index (χ2v) is 6.60. The summed E-state index contributed by atoms with van der Waals surface area (Å²) in [5.41, 5.74) is 0.352. The zero-order valence-electron chi connectivity index (χ0n) is 13.3. The van der Waals surface area contributed by atoms with Crippen LogP contribution in [0.5, 0.6) is 5.75 Å². The van der Waals surface area contributed by atoms with Crippen LogP contribution in [-0.4, -0.2) is 28.6 Å². The fraction of sp³-hybridized carbons (Fsp3) is 0.188. The monoisotopic (exact) mass is 353 g/mol. The Hall–Kier alpha value is -2.61. The van der Waals surface area contributed by atoms with E-state index >= 15 is 0 Å². The third-order valence-electron chi connectivity index (χ3n) is 3.28. The van der Waals surface area contributed by atoms with Gasteiger partial charge >= 0.3 is 5.97 Å². The molecule has 0 aliphatic carbocycles. The lowest BCUT2D eigenvalue weighted by Crippen LogP contribution is -2.16. The summed E-state index contributed by atoms with van der Waals surface area (Å²) in [6, 6.07) is 8.31. The number of carbonyl (C=O) groups is 1. The smallest absolute Gasteiger partial charge is 0.344 e. The molecule has 2 rings (SSSR count). The number of nitrogens with one attached hydrogen (secondary N) is 1. The van der Waals surface area contributed by atoms with E-state index in [9.17, 15) is 17.6 Å².